The molecule has 0 bridgehead atoms. The lowest BCUT2D eigenvalue weighted by Gasteiger charge is -2.36. The Morgan fingerprint density at radius 2 is 2.05 bits per heavy atom. The number of amides is 1. The molecular weight excluding hydrogens is 268 g/mol. The summed E-state index contributed by atoms with van der Waals surface area (Å²) < 4.78 is 1.37. The highest BCUT2D eigenvalue weighted by molar-refractivity contribution is 5.76. The van der Waals surface area contributed by atoms with Crippen molar-refractivity contribution >= 4 is 11.6 Å². The zero-order valence-electron chi connectivity index (χ0n) is 12.8. The van der Waals surface area contributed by atoms with Gasteiger partial charge in [0.25, 0.3) is 5.56 Å². The normalized spacial score (nSPS) is 16.9. The Balaban J connectivity index is 1.97. The van der Waals surface area contributed by atoms with Gasteiger partial charge in [-0.05, 0) is 25.5 Å². The van der Waals surface area contributed by atoms with Gasteiger partial charge < -0.3 is 20.1 Å². The number of piperidine rings is 1. The molecule has 0 radical (unpaired) electrons. The maximum absolute atomic E-state index is 12.3. The third-order valence-electron chi connectivity index (χ3n) is 4.26. The largest absolute Gasteiger partial charge is 0.398 e. The topological polar surface area (TPSA) is 71.6 Å². The molecule has 116 valence electrons. The van der Waals surface area contributed by atoms with Crippen LogP contribution in [0.4, 0.5) is 5.69 Å². The van der Waals surface area contributed by atoms with Crippen molar-refractivity contribution in [3.8, 4) is 0 Å². The van der Waals surface area contributed by atoms with E-state index < -0.39 is 0 Å². The molecule has 1 aromatic rings. The van der Waals surface area contributed by atoms with Crippen molar-refractivity contribution in [3.63, 3.8) is 0 Å². The number of rotatable bonds is 4. The molecule has 2 N–H and O–H groups in total. The predicted octanol–water partition coefficient (Wildman–Crippen LogP) is 0.373. The fourth-order valence-electron chi connectivity index (χ4n) is 2.76. The van der Waals surface area contributed by atoms with Crippen LogP contribution in [0.3, 0.4) is 0 Å². The molecule has 1 amide bonds. The van der Waals surface area contributed by atoms with E-state index in [-0.39, 0.29) is 24.1 Å². The van der Waals surface area contributed by atoms with E-state index in [2.05, 4.69) is 11.8 Å². The van der Waals surface area contributed by atoms with Crippen molar-refractivity contribution in [2.24, 2.45) is 0 Å². The van der Waals surface area contributed by atoms with Crippen molar-refractivity contribution in [1.82, 2.24) is 14.4 Å². The molecule has 21 heavy (non-hydrogen) atoms. The summed E-state index contributed by atoms with van der Waals surface area (Å²) in [4.78, 5) is 28.2. The monoisotopic (exact) mass is 292 g/mol. The lowest BCUT2D eigenvalue weighted by Crippen LogP contribution is -2.46. The van der Waals surface area contributed by atoms with Gasteiger partial charge in [0.15, 0.2) is 0 Å². The molecule has 0 atom stereocenters. The van der Waals surface area contributed by atoms with Crippen LogP contribution in [0.1, 0.15) is 19.8 Å². The van der Waals surface area contributed by atoms with Gasteiger partial charge in [0.05, 0.1) is 0 Å². The Morgan fingerprint density at radius 1 is 1.38 bits per heavy atom. The summed E-state index contributed by atoms with van der Waals surface area (Å²) in [6, 6.07) is 3.20. The van der Waals surface area contributed by atoms with Crippen LogP contribution in [-0.4, -0.2) is 53.0 Å². The fourth-order valence-corrected chi connectivity index (χ4v) is 2.76. The molecule has 1 fully saturated rings. The van der Waals surface area contributed by atoms with Gasteiger partial charge in [-0.15, -0.1) is 0 Å². The minimum Gasteiger partial charge on any atom is -0.398 e. The predicted molar refractivity (Wildman–Crippen MR) is 83.0 cm³/mol. The van der Waals surface area contributed by atoms with E-state index in [1.54, 1.807) is 11.0 Å². The van der Waals surface area contributed by atoms with Crippen LogP contribution in [-0.2, 0) is 11.3 Å². The van der Waals surface area contributed by atoms with Crippen molar-refractivity contribution in [3.05, 3.63) is 28.7 Å². The minimum atomic E-state index is -0.202. The van der Waals surface area contributed by atoms with E-state index in [9.17, 15) is 9.59 Å². The molecule has 0 saturated carbocycles. The van der Waals surface area contributed by atoms with Crippen LogP contribution in [0.25, 0.3) is 0 Å². The summed E-state index contributed by atoms with van der Waals surface area (Å²) in [5.41, 5.74) is 5.95. The summed E-state index contributed by atoms with van der Waals surface area (Å²) in [5, 5.41) is 0. The van der Waals surface area contributed by atoms with Crippen molar-refractivity contribution in [2.75, 3.05) is 32.4 Å². The smallest absolute Gasteiger partial charge is 0.251 e. The molecule has 1 saturated heterocycles. The second kappa shape index (κ2) is 6.76. The highest BCUT2D eigenvalue weighted by Crippen LogP contribution is 2.15. The molecule has 2 heterocycles. The molecule has 6 heteroatoms. The first kappa shape index (κ1) is 15.6. The molecule has 6 nitrogen and oxygen atoms in total. The number of anilines is 1. The number of nitrogen functional groups attached to an aromatic ring is 1. The van der Waals surface area contributed by atoms with E-state index in [1.165, 1.54) is 16.8 Å². The SMILES string of the molecule is CCN1CCC(N(C)C(=O)Cn2cc(N)ccc2=O)CC1. The van der Waals surface area contributed by atoms with Crippen LogP contribution in [0, 0.1) is 0 Å². The third-order valence-corrected chi connectivity index (χ3v) is 4.26. The Kier molecular flexibility index (Phi) is 5.01. The number of hydrogen-bond donors (Lipinski definition) is 1. The Bertz CT molecular complexity index is 547. The van der Waals surface area contributed by atoms with Crippen molar-refractivity contribution in [1.29, 1.82) is 0 Å². The van der Waals surface area contributed by atoms with Gasteiger partial charge in [-0.25, -0.2) is 0 Å². The highest BCUT2D eigenvalue weighted by atomic mass is 16.2. The highest BCUT2D eigenvalue weighted by Gasteiger charge is 2.24. The van der Waals surface area contributed by atoms with Crippen molar-refractivity contribution < 1.29 is 4.79 Å². The van der Waals surface area contributed by atoms with Gasteiger partial charge in [-0.1, -0.05) is 6.92 Å². The standard InChI is InChI=1S/C15H24N4O2/c1-3-18-8-6-13(7-9-18)17(2)15(21)11-19-10-12(16)4-5-14(19)20/h4-5,10,13H,3,6-9,11,16H2,1-2H3. The fraction of sp³-hybridized carbons (Fsp3) is 0.600. The molecular formula is C15H24N4O2. The van der Waals surface area contributed by atoms with Crippen LogP contribution in [0.2, 0.25) is 0 Å². The Hall–Kier alpha value is -1.82. The molecule has 1 aliphatic rings. The zero-order valence-corrected chi connectivity index (χ0v) is 12.8. The Morgan fingerprint density at radius 3 is 2.67 bits per heavy atom. The third kappa shape index (κ3) is 3.85. The lowest BCUT2D eigenvalue weighted by atomic mass is 10.0. The first-order valence-electron chi connectivity index (χ1n) is 7.45. The van der Waals surface area contributed by atoms with Gasteiger partial charge in [0.1, 0.15) is 6.54 Å². The van der Waals surface area contributed by atoms with Gasteiger partial charge in [0, 0.05) is 44.1 Å². The molecule has 1 aromatic heterocycles. The summed E-state index contributed by atoms with van der Waals surface area (Å²) >= 11 is 0. The second-order valence-corrected chi connectivity index (χ2v) is 5.60. The molecule has 0 aliphatic carbocycles. The number of hydrogen-bond acceptors (Lipinski definition) is 4. The van der Waals surface area contributed by atoms with Crippen LogP contribution >= 0.6 is 0 Å². The number of nitrogens with zero attached hydrogens (tertiary/aromatic N) is 3. The summed E-state index contributed by atoms with van der Waals surface area (Å²) in [6.07, 6.45) is 3.50. The molecule has 0 aromatic carbocycles. The van der Waals surface area contributed by atoms with E-state index >= 15 is 0 Å². The first-order valence-corrected chi connectivity index (χ1v) is 7.45. The number of carbonyl (C=O) groups is 1. The number of likely N-dealkylation sites (N-methyl/N-ethyl adjacent to an activating group) is 1. The van der Waals surface area contributed by atoms with Gasteiger partial charge in [-0.3, -0.25) is 9.59 Å². The van der Waals surface area contributed by atoms with Gasteiger partial charge in [0.2, 0.25) is 5.91 Å². The second-order valence-electron chi connectivity index (χ2n) is 5.60. The average molecular weight is 292 g/mol. The number of aromatic nitrogens is 1. The number of nitrogens with two attached hydrogens (primary N) is 1. The van der Waals surface area contributed by atoms with E-state index in [0.29, 0.717) is 5.69 Å². The van der Waals surface area contributed by atoms with Crippen LogP contribution in [0.15, 0.2) is 23.1 Å². The van der Waals surface area contributed by atoms with Crippen molar-refractivity contribution in [2.45, 2.75) is 32.4 Å². The van der Waals surface area contributed by atoms with Gasteiger partial charge in [-0.2, -0.15) is 0 Å². The van der Waals surface area contributed by atoms with Gasteiger partial charge >= 0.3 is 0 Å². The van der Waals surface area contributed by atoms with E-state index in [4.69, 9.17) is 5.73 Å². The molecule has 0 unspecified atom stereocenters. The quantitative estimate of drug-likeness (QED) is 0.870. The minimum absolute atomic E-state index is 0.0438. The summed E-state index contributed by atoms with van der Waals surface area (Å²) in [5.74, 6) is -0.0438. The number of likely N-dealkylation sites (tertiary alicyclic amines) is 1. The molecule has 0 spiro atoms. The van der Waals surface area contributed by atoms with E-state index in [1.807, 2.05) is 7.05 Å². The molecule has 1 aliphatic heterocycles. The van der Waals surface area contributed by atoms with Crippen LogP contribution in [0.5, 0.6) is 0 Å². The maximum Gasteiger partial charge on any atom is 0.251 e. The van der Waals surface area contributed by atoms with E-state index in [0.717, 1.165) is 32.5 Å². The van der Waals surface area contributed by atoms with Crippen LogP contribution < -0.4 is 11.3 Å². The first-order chi connectivity index (χ1) is 10.0. The number of carbonyl (C=O) groups excluding carboxylic acids is 1. The molecule has 2 rings (SSSR count). The summed E-state index contributed by atoms with van der Waals surface area (Å²) in [7, 11) is 1.83. The summed E-state index contributed by atoms with van der Waals surface area (Å²) in [6.45, 7) is 5.31. The maximum atomic E-state index is 12.3. The zero-order chi connectivity index (χ0) is 15.4. The lowest BCUT2D eigenvalue weighted by molar-refractivity contribution is -0.133. The average Bonchev–Trinajstić information content (AvgIpc) is 2.50. The number of pyridine rings is 1. The Labute approximate surface area is 125 Å².